The van der Waals surface area contributed by atoms with E-state index in [4.69, 9.17) is 10.8 Å². The number of carboxylic acids is 1. The van der Waals surface area contributed by atoms with Crippen LogP contribution in [0.2, 0.25) is 0 Å². The number of nitrogens with one attached hydrogen (secondary N) is 1. The summed E-state index contributed by atoms with van der Waals surface area (Å²) in [5, 5.41) is 9.00. The van der Waals surface area contributed by atoms with Crippen molar-refractivity contribution < 1.29 is 23.1 Å². The van der Waals surface area contributed by atoms with Crippen molar-refractivity contribution in [1.29, 1.82) is 0 Å². The van der Waals surface area contributed by atoms with Gasteiger partial charge in [-0.25, -0.2) is 8.42 Å². The molecule has 0 unspecified atom stereocenters. The Balaban J connectivity index is 3.14. The average Bonchev–Trinajstić information content (AvgIpc) is 2.35. The number of hydrogen-bond donors (Lipinski definition) is 3. The third-order valence-electron chi connectivity index (χ3n) is 2.64. The van der Waals surface area contributed by atoms with Crippen molar-refractivity contribution in [3.05, 3.63) is 29.8 Å². The van der Waals surface area contributed by atoms with Crippen LogP contribution in [0, 0.1) is 5.92 Å². The van der Waals surface area contributed by atoms with Crippen LogP contribution in [0.4, 0.5) is 0 Å². The first-order valence-corrected chi connectivity index (χ1v) is 7.28. The van der Waals surface area contributed by atoms with Gasteiger partial charge in [0, 0.05) is 5.56 Å². The van der Waals surface area contributed by atoms with Gasteiger partial charge in [0.05, 0.1) is 4.90 Å². The molecule has 1 atom stereocenters. The minimum Gasteiger partial charge on any atom is -0.480 e. The Morgan fingerprint density at radius 1 is 1.30 bits per heavy atom. The maximum absolute atomic E-state index is 12.1. The summed E-state index contributed by atoms with van der Waals surface area (Å²) in [6, 6.07) is 3.84. The smallest absolute Gasteiger partial charge is 0.322 e. The summed E-state index contributed by atoms with van der Waals surface area (Å²) in [6.45, 7) is 3.17. The van der Waals surface area contributed by atoms with Gasteiger partial charge in [0.15, 0.2) is 0 Å². The highest BCUT2D eigenvalue weighted by atomic mass is 32.2. The van der Waals surface area contributed by atoms with E-state index < -0.39 is 33.9 Å². The number of benzene rings is 1. The third-order valence-corrected chi connectivity index (χ3v) is 4.08. The number of carbonyl (C=O) groups is 2. The molecule has 110 valence electrons. The lowest BCUT2D eigenvalue weighted by molar-refractivity contribution is -0.140. The first-order valence-electron chi connectivity index (χ1n) is 5.80. The summed E-state index contributed by atoms with van der Waals surface area (Å²) in [5.41, 5.74) is 5.11. The van der Waals surface area contributed by atoms with E-state index in [9.17, 15) is 18.0 Å². The Morgan fingerprint density at radius 3 is 2.35 bits per heavy atom. The fourth-order valence-corrected chi connectivity index (χ4v) is 2.91. The zero-order valence-corrected chi connectivity index (χ0v) is 11.8. The SMILES string of the molecule is CC(C)[C@H](NS(=O)(=O)c1cccc(C(N)=O)c1)C(=O)O. The Bertz CT molecular complexity index is 624. The molecule has 1 amide bonds. The van der Waals surface area contributed by atoms with Crippen LogP contribution in [0.3, 0.4) is 0 Å². The number of nitrogens with two attached hydrogens (primary N) is 1. The van der Waals surface area contributed by atoms with Gasteiger partial charge < -0.3 is 10.8 Å². The highest BCUT2D eigenvalue weighted by Gasteiger charge is 2.28. The molecule has 8 heteroatoms. The summed E-state index contributed by atoms with van der Waals surface area (Å²) in [4.78, 5) is 21.8. The van der Waals surface area contributed by atoms with Gasteiger partial charge >= 0.3 is 5.97 Å². The van der Waals surface area contributed by atoms with Crippen molar-refractivity contribution in [3.8, 4) is 0 Å². The van der Waals surface area contributed by atoms with E-state index in [0.717, 1.165) is 6.07 Å². The van der Waals surface area contributed by atoms with Crippen molar-refractivity contribution in [2.45, 2.75) is 24.8 Å². The molecule has 0 saturated carbocycles. The summed E-state index contributed by atoms with van der Waals surface area (Å²) >= 11 is 0. The van der Waals surface area contributed by atoms with E-state index in [0.29, 0.717) is 0 Å². The monoisotopic (exact) mass is 300 g/mol. The molecule has 0 saturated heterocycles. The molecule has 0 aliphatic heterocycles. The molecule has 20 heavy (non-hydrogen) atoms. The summed E-state index contributed by atoms with van der Waals surface area (Å²) in [6.07, 6.45) is 0. The molecule has 0 aliphatic carbocycles. The van der Waals surface area contributed by atoms with Crippen molar-refractivity contribution in [1.82, 2.24) is 4.72 Å². The van der Waals surface area contributed by atoms with Gasteiger partial charge in [0.2, 0.25) is 15.9 Å². The normalized spacial score (nSPS) is 13.2. The molecule has 0 bridgehead atoms. The maximum atomic E-state index is 12.1. The van der Waals surface area contributed by atoms with Gasteiger partial charge in [0.1, 0.15) is 6.04 Å². The van der Waals surface area contributed by atoms with Crippen LogP contribution in [0.15, 0.2) is 29.2 Å². The second-order valence-corrected chi connectivity index (χ2v) is 6.29. The van der Waals surface area contributed by atoms with Crippen LogP contribution in [0.1, 0.15) is 24.2 Å². The quantitative estimate of drug-likeness (QED) is 0.690. The first kappa shape index (κ1) is 16.1. The van der Waals surface area contributed by atoms with E-state index in [2.05, 4.69) is 4.72 Å². The van der Waals surface area contributed by atoms with Crippen LogP contribution in [0.25, 0.3) is 0 Å². The van der Waals surface area contributed by atoms with E-state index in [1.807, 2.05) is 0 Å². The standard InChI is InChI=1S/C12H16N2O5S/c1-7(2)10(12(16)17)14-20(18,19)9-5-3-4-8(6-9)11(13)15/h3-7,10,14H,1-2H3,(H2,13,15)(H,16,17)/t10-/m0/s1. The summed E-state index contributed by atoms with van der Waals surface area (Å²) in [5.74, 6) is -2.46. The molecule has 4 N–H and O–H groups in total. The van der Waals surface area contributed by atoms with Crippen LogP contribution < -0.4 is 10.5 Å². The van der Waals surface area contributed by atoms with Gasteiger partial charge in [-0.05, 0) is 24.1 Å². The maximum Gasteiger partial charge on any atom is 0.322 e. The molecule has 1 aromatic carbocycles. The number of amides is 1. The summed E-state index contributed by atoms with van der Waals surface area (Å²) < 4.78 is 26.3. The molecule has 0 aromatic heterocycles. The number of rotatable bonds is 6. The molecule has 0 radical (unpaired) electrons. The van der Waals surface area contributed by atoms with Gasteiger partial charge in [0.25, 0.3) is 0 Å². The average molecular weight is 300 g/mol. The van der Waals surface area contributed by atoms with E-state index in [1.54, 1.807) is 13.8 Å². The van der Waals surface area contributed by atoms with Gasteiger partial charge in [-0.3, -0.25) is 9.59 Å². The highest BCUT2D eigenvalue weighted by Crippen LogP contribution is 2.13. The van der Waals surface area contributed by atoms with Crippen LogP contribution >= 0.6 is 0 Å². The molecular weight excluding hydrogens is 284 g/mol. The minimum atomic E-state index is -4.04. The third kappa shape index (κ3) is 3.78. The first-order chi connectivity index (χ1) is 9.15. The lowest BCUT2D eigenvalue weighted by Crippen LogP contribution is -2.44. The predicted octanol–water partition coefficient (Wildman–Crippen LogP) is 0.173. The second kappa shape index (κ2) is 6.02. The number of carboxylic acid groups (broad SMARTS) is 1. The van der Waals surface area contributed by atoms with Gasteiger partial charge in [-0.1, -0.05) is 19.9 Å². The minimum absolute atomic E-state index is 0.0318. The zero-order chi connectivity index (χ0) is 15.5. The molecular formula is C12H16N2O5S. The topological polar surface area (TPSA) is 127 Å². The van der Waals surface area contributed by atoms with Crippen LogP contribution in [-0.2, 0) is 14.8 Å². The number of aliphatic carboxylic acids is 1. The molecule has 7 nitrogen and oxygen atoms in total. The van der Waals surface area contributed by atoms with E-state index in [-0.39, 0.29) is 10.5 Å². The van der Waals surface area contributed by atoms with Crippen molar-refractivity contribution in [3.63, 3.8) is 0 Å². The van der Waals surface area contributed by atoms with Crippen molar-refractivity contribution in [2.75, 3.05) is 0 Å². The molecule has 0 aliphatic rings. The van der Waals surface area contributed by atoms with Crippen LogP contribution in [0.5, 0.6) is 0 Å². The molecule has 0 heterocycles. The predicted molar refractivity (Wildman–Crippen MR) is 71.5 cm³/mol. The Labute approximate surface area is 116 Å². The van der Waals surface area contributed by atoms with Crippen molar-refractivity contribution in [2.24, 2.45) is 11.7 Å². The number of primary amides is 1. The fourth-order valence-electron chi connectivity index (χ4n) is 1.52. The van der Waals surface area contributed by atoms with E-state index >= 15 is 0 Å². The fraction of sp³-hybridized carbons (Fsp3) is 0.333. The highest BCUT2D eigenvalue weighted by molar-refractivity contribution is 7.89. The zero-order valence-electron chi connectivity index (χ0n) is 11.0. The van der Waals surface area contributed by atoms with Crippen LogP contribution in [-0.4, -0.2) is 31.4 Å². The Morgan fingerprint density at radius 2 is 1.90 bits per heavy atom. The molecule has 1 aromatic rings. The number of sulfonamides is 1. The second-order valence-electron chi connectivity index (χ2n) is 4.57. The van der Waals surface area contributed by atoms with E-state index in [1.165, 1.54) is 18.2 Å². The molecule has 0 spiro atoms. The number of carbonyl (C=O) groups excluding carboxylic acids is 1. The Kier molecular flexibility index (Phi) is 4.85. The lowest BCUT2D eigenvalue weighted by atomic mass is 10.1. The molecule has 0 fully saturated rings. The lowest BCUT2D eigenvalue weighted by Gasteiger charge is -2.18. The molecule has 1 rings (SSSR count). The van der Waals surface area contributed by atoms with Crippen molar-refractivity contribution >= 4 is 21.9 Å². The Hall–Kier alpha value is -1.93. The number of hydrogen-bond acceptors (Lipinski definition) is 4. The van der Waals surface area contributed by atoms with Gasteiger partial charge in [-0.15, -0.1) is 0 Å². The van der Waals surface area contributed by atoms with Gasteiger partial charge in [-0.2, -0.15) is 4.72 Å². The largest absolute Gasteiger partial charge is 0.480 e. The summed E-state index contributed by atoms with van der Waals surface area (Å²) in [7, 11) is -4.04.